The number of carbonyl (C=O) groups excluding carboxylic acids is 1. The zero-order chi connectivity index (χ0) is 30.8. The van der Waals surface area contributed by atoms with Crippen molar-refractivity contribution in [1.82, 2.24) is 9.88 Å². The average molecular weight is 736 g/mol. The number of piperidine rings is 1. The predicted octanol–water partition coefficient (Wildman–Crippen LogP) is 5.74. The third-order valence-corrected chi connectivity index (χ3v) is 8.81. The molecule has 0 amide bonds. The Morgan fingerprint density at radius 2 is 1.87 bits per heavy atom. The highest BCUT2D eigenvalue weighted by atomic mass is 35.5. The standard InChI is InChI=1S/C31H36ClN5O5S.3ClH/c1-2-41-30(38)22-43(39,40)37(15-5-8-23-6-3-9-25(18-23)31(33)34)26-10-11-29(28(32)19-26)42-27-12-16-36(17-13-27)21-24-7-4-14-35-20-24;;;/h3-11,14,18-20,27H,2,12-13,15-17,21-22H2,1H3,(H3,33,34);3*1H/b8-5+;;;. The van der Waals surface area contributed by atoms with Crippen LogP contribution < -0.4 is 14.8 Å². The number of ether oxygens (including phenoxy) is 2. The number of likely N-dealkylation sites (tertiary alicyclic amines) is 1. The van der Waals surface area contributed by atoms with Crippen LogP contribution in [-0.4, -0.2) is 68.2 Å². The average Bonchev–Trinajstić information content (AvgIpc) is 2.98. The van der Waals surface area contributed by atoms with Crippen LogP contribution in [0, 0.1) is 5.41 Å². The van der Waals surface area contributed by atoms with E-state index in [9.17, 15) is 13.2 Å². The van der Waals surface area contributed by atoms with E-state index in [0.717, 1.165) is 42.3 Å². The third-order valence-electron chi connectivity index (χ3n) is 6.88. The number of hydrogen-bond donors (Lipinski definition) is 2. The molecule has 10 nitrogen and oxygen atoms in total. The van der Waals surface area contributed by atoms with Gasteiger partial charge in [-0.25, -0.2) is 8.42 Å². The summed E-state index contributed by atoms with van der Waals surface area (Å²) in [7, 11) is -4.12. The SMILES string of the molecule is CCOC(=O)CS(=O)(=O)N(C/C=C/c1cccc(C(=N)N)c1)c1ccc(OC2CCN(Cc3cccnc3)CC2)c(Cl)c1.Cl.Cl.Cl. The summed E-state index contributed by atoms with van der Waals surface area (Å²) in [4.78, 5) is 18.7. The van der Waals surface area contributed by atoms with Crippen molar-refractivity contribution in [3.63, 3.8) is 0 Å². The van der Waals surface area contributed by atoms with Gasteiger partial charge in [-0.15, -0.1) is 37.2 Å². The number of aromatic nitrogens is 1. The third kappa shape index (κ3) is 11.9. The van der Waals surface area contributed by atoms with Gasteiger partial charge in [-0.2, -0.15) is 0 Å². The lowest BCUT2D eigenvalue weighted by molar-refractivity contribution is -0.139. The van der Waals surface area contributed by atoms with Gasteiger partial charge in [0.2, 0.25) is 10.0 Å². The van der Waals surface area contributed by atoms with Crippen LogP contribution in [0.3, 0.4) is 0 Å². The molecule has 0 aliphatic carbocycles. The van der Waals surface area contributed by atoms with Gasteiger partial charge in [-0.05, 0) is 61.2 Å². The number of amidine groups is 1. The summed E-state index contributed by atoms with van der Waals surface area (Å²) in [6, 6.07) is 15.8. The molecule has 0 bridgehead atoms. The summed E-state index contributed by atoms with van der Waals surface area (Å²) in [6.07, 6.45) is 8.65. The second-order valence-corrected chi connectivity index (χ2v) is 12.4. The Labute approximate surface area is 294 Å². The van der Waals surface area contributed by atoms with Gasteiger partial charge in [-0.3, -0.25) is 24.4 Å². The van der Waals surface area contributed by atoms with Gasteiger partial charge < -0.3 is 15.2 Å². The molecule has 46 heavy (non-hydrogen) atoms. The molecule has 1 aromatic heterocycles. The van der Waals surface area contributed by atoms with Crippen LogP contribution in [-0.2, 0) is 26.1 Å². The number of nitrogens with zero attached hydrogens (tertiary/aromatic N) is 3. The van der Waals surface area contributed by atoms with Crippen molar-refractivity contribution in [3.8, 4) is 5.75 Å². The van der Waals surface area contributed by atoms with Gasteiger partial charge in [0, 0.05) is 37.6 Å². The van der Waals surface area contributed by atoms with Crippen molar-refractivity contribution in [2.75, 3.05) is 36.3 Å². The number of esters is 1. The fourth-order valence-corrected chi connectivity index (χ4v) is 6.26. The minimum atomic E-state index is -4.12. The minimum Gasteiger partial charge on any atom is -0.489 e. The second-order valence-electron chi connectivity index (χ2n) is 10.1. The number of carbonyl (C=O) groups is 1. The summed E-state index contributed by atoms with van der Waals surface area (Å²) in [6.45, 7) is 4.19. The largest absolute Gasteiger partial charge is 0.489 e. The van der Waals surface area contributed by atoms with Gasteiger partial charge >= 0.3 is 5.97 Å². The Morgan fingerprint density at radius 3 is 2.50 bits per heavy atom. The number of hydrogen-bond acceptors (Lipinski definition) is 8. The number of pyridine rings is 1. The van der Waals surface area contributed by atoms with Gasteiger partial charge in [0.15, 0.2) is 5.75 Å². The van der Waals surface area contributed by atoms with Crippen LogP contribution in [0.4, 0.5) is 5.69 Å². The quantitative estimate of drug-likeness (QED) is 0.129. The Balaban J connectivity index is 0.00000353. The second kappa shape index (κ2) is 19.6. The van der Waals surface area contributed by atoms with E-state index in [2.05, 4.69) is 16.0 Å². The summed E-state index contributed by atoms with van der Waals surface area (Å²) in [5.74, 6) is -1.26. The van der Waals surface area contributed by atoms with Crippen molar-refractivity contribution in [1.29, 1.82) is 5.41 Å². The van der Waals surface area contributed by atoms with Crippen molar-refractivity contribution in [3.05, 3.63) is 94.8 Å². The summed E-state index contributed by atoms with van der Waals surface area (Å²) >= 11 is 6.61. The van der Waals surface area contributed by atoms with Gasteiger partial charge in [0.25, 0.3) is 0 Å². The molecule has 2 heterocycles. The maximum absolute atomic E-state index is 13.3. The minimum absolute atomic E-state index is 0. The molecule has 252 valence electrons. The first kappa shape index (κ1) is 41.0. The highest BCUT2D eigenvalue weighted by Crippen LogP contribution is 2.33. The monoisotopic (exact) mass is 733 g/mol. The number of sulfonamides is 1. The Bertz CT molecular complexity index is 1560. The molecule has 1 aliphatic heterocycles. The van der Waals surface area contributed by atoms with Gasteiger partial charge in [0.05, 0.1) is 23.9 Å². The molecule has 3 N–H and O–H groups in total. The van der Waals surface area contributed by atoms with Gasteiger partial charge in [0.1, 0.15) is 17.7 Å². The lowest BCUT2D eigenvalue weighted by Crippen LogP contribution is -2.38. The molecule has 0 unspecified atom stereocenters. The van der Waals surface area contributed by atoms with E-state index in [-0.39, 0.29) is 73.0 Å². The molecule has 0 radical (unpaired) electrons. The van der Waals surface area contributed by atoms with Crippen molar-refractivity contribution in [2.45, 2.75) is 32.4 Å². The molecule has 1 aliphatic rings. The first-order chi connectivity index (χ1) is 20.6. The Kier molecular flexibility index (Phi) is 17.4. The number of nitrogens with one attached hydrogen (secondary N) is 1. The highest BCUT2D eigenvalue weighted by molar-refractivity contribution is 7.93. The number of halogens is 4. The fraction of sp³-hybridized carbons (Fsp3) is 0.323. The molecule has 0 saturated carbocycles. The molecule has 2 aromatic carbocycles. The smallest absolute Gasteiger partial charge is 0.323 e. The zero-order valence-electron chi connectivity index (χ0n) is 25.2. The molecule has 0 atom stereocenters. The predicted molar refractivity (Wildman–Crippen MR) is 191 cm³/mol. The number of nitrogens with two attached hydrogens (primary N) is 1. The maximum Gasteiger partial charge on any atom is 0.323 e. The summed E-state index contributed by atoms with van der Waals surface area (Å²) in [5, 5.41) is 7.90. The fourth-order valence-electron chi connectivity index (χ4n) is 4.76. The lowest BCUT2D eigenvalue weighted by atomic mass is 10.1. The molecule has 15 heteroatoms. The van der Waals surface area contributed by atoms with Crippen LogP contribution in [0.15, 0.2) is 73.1 Å². The first-order valence-electron chi connectivity index (χ1n) is 14.0. The summed E-state index contributed by atoms with van der Waals surface area (Å²) < 4.78 is 38.9. The van der Waals surface area contributed by atoms with E-state index in [1.54, 1.807) is 55.6 Å². The Morgan fingerprint density at radius 1 is 1.13 bits per heavy atom. The van der Waals surface area contributed by atoms with Crippen LogP contribution >= 0.6 is 48.8 Å². The molecule has 1 fully saturated rings. The van der Waals surface area contributed by atoms with Crippen LogP contribution in [0.1, 0.15) is 36.5 Å². The Hall–Kier alpha value is -3.06. The van der Waals surface area contributed by atoms with E-state index in [1.165, 1.54) is 11.6 Å². The number of anilines is 1. The number of benzene rings is 2. The molecule has 3 aromatic rings. The maximum atomic E-state index is 13.3. The van der Waals surface area contributed by atoms with E-state index in [0.29, 0.717) is 11.3 Å². The topological polar surface area (TPSA) is 139 Å². The molecule has 0 spiro atoms. The normalized spacial score (nSPS) is 13.5. The van der Waals surface area contributed by atoms with Crippen LogP contribution in [0.2, 0.25) is 5.02 Å². The molecular formula is C31H39Cl4N5O5S. The van der Waals surface area contributed by atoms with E-state index in [1.807, 2.05) is 18.3 Å². The van der Waals surface area contributed by atoms with Crippen LogP contribution in [0.5, 0.6) is 5.75 Å². The van der Waals surface area contributed by atoms with Crippen molar-refractivity contribution < 1.29 is 22.7 Å². The molecule has 4 rings (SSSR count). The van der Waals surface area contributed by atoms with Crippen molar-refractivity contribution >= 4 is 82.4 Å². The molecule has 1 saturated heterocycles. The van der Waals surface area contributed by atoms with E-state index in [4.69, 9.17) is 32.2 Å². The number of rotatable bonds is 13. The summed E-state index contributed by atoms with van der Waals surface area (Å²) in [5.41, 5.74) is 8.33. The van der Waals surface area contributed by atoms with Gasteiger partial charge in [-0.1, -0.05) is 48.0 Å². The first-order valence-corrected chi connectivity index (χ1v) is 16.0. The number of nitrogen functional groups attached to an aromatic ring is 1. The lowest BCUT2D eigenvalue weighted by Gasteiger charge is -2.32. The van der Waals surface area contributed by atoms with E-state index < -0.39 is 21.7 Å². The zero-order valence-corrected chi connectivity index (χ0v) is 29.2. The van der Waals surface area contributed by atoms with E-state index >= 15 is 0 Å². The highest BCUT2D eigenvalue weighted by Gasteiger charge is 2.27. The van der Waals surface area contributed by atoms with Crippen molar-refractivity contribution in [2.24, 2.45) is 5.73 Å². The van der Waals surface area contributed by atoms with Crippen LogP contribution in [0.25, 0.3) is 6.08 Å². The molecular weight excluding hydrogens is 696 g/mol.